The second-order valence-electron chi connectivity index (χ2n) is 5.73. The number of nitriles is 1. The molecule has 7 heteroatoms. The van der Waals surface area contributed by atoms with Crippen LogP contribution in [0.25, 0.3) is 22.2 Å². The molecule has 1 aliphatic rings. The lowest BCUT2D eigenvalue weighted by molar-refractivity contribution is 0.327. The Morgan fingerprint density at radius 1 is 1.20 bits per heavy atom. The SMILES string of the molecule is CCOc1nc2nc(N(C)C)nc3c2c(c1C#N)-c1ccccc1S3. The topological polar surface area (TPSA) is 74.9 Å². The molecule has 0 radical (unpaired) electrons. The van der Waals surface area contributed by atoms with Gasteiger partial charge in [0.2, 0.25) is 11.8 Å². The average molecular weight is 349 g/mol. The summed E-state index contributed by atoms with van der Waals surface area (Å²) in [5.41, 5.74) is 2.79. The van der Waals surface area contributed by atoms with Crippen molar-refractivity contribution in [3.63, 3.8) is 0 Å². The third-order valence-corrected chi connectivity index (χ3v) is 4.99. The number of benzene rings is 1. The van der Waals surface area contributed by atoms with Crippen LogP contribution in [0.4, 0.5) is 5.95 Å². The van der Waals surface area contributed by atoms with Gasteiger partial charge in [-0.15, -0.1) is 0 Å². The molecule has 0 amide bonds. The molecule has 0 spiro atoms. The number of nitrogens with zero attached hydrogens (tertiary/aromatic N) is 5. The Morgan fingerprint density at radius 2 is 2.00 bits per heavy atom. The normalized spacial score (nSPS) is 11.8. The van der Waals surface area contributed by atoms with Crippen LogP contribution in [0.3, 0.4) is 0 Å². The molecule has 2 aromatic heterocycles. The molecule has 25 heavy (non-hydrogen) atoms. The van der Waals surface area contributed by atoms with Crippen LogP contribution in [0.5, 0.6) is 5.88 Å². The average Bonchev–Trinajstić information content (AvgIpc) is 2.61. The summed E-state index contributed by atoms with van der Waals surface area (Å²) in [5, 5.41) is 11.4. The summed E-state index contributed by atoms with van der Waals surface area (Å²) in [4.78, 5) is 16.7. The van der Waals surface area contributed by atoms with E-state index in [-0.39, 0.29) is 0 Å². The fourth-order valence-corrected chi connectivity index (χ4v) is 3.91. The third kappa shape index (κ3) is 2.37. The molecule has 4 rings (SSSR count). The predicted octanol–water partition coefficient (Wildman–Crippen LogP) is 3.49. The van der Waals surface area contributed by atoms with Crippen LogP contribution in [0, 0.1) is 11.3 Å². The van der Waals surface area contributed by atoms with Crippen LogP contribution in [0.2, 0.25) is 0 Å². The maximum absolute atomic E-state index is 9.77. The van der Waals surface area contributed by atoms with Crippen molar-refractivity contribution in [2.24, 2.45) is 0 Å². The maximum atomic E-state index is 9.77. The molecule has 0 atom stereocenters. The molecule has 124 valence electrons. The van der Waals surface area contributed by atoms with Crippen molar-refractivity contribution in [2.45, 2.75) is 16.8 Å². The molecule has 0 unspecified atom stereocenters. The molecule has 3 aromatic rings. The van der Waals surface area contributed by atoms with E-state index in [1.807, 2.05) is 50.2 Å². The smallest absolute Gasteiger partial charge is 0.234 e. The zero-order chi connectivity index (χ0) is 17.6. The van der Waals surface area contributed by atoms with Gasteiger partial charge < -0.3 is 9.64 Å². The first kappa shape index (κ1) is 15.7. The molecule has 3 heterocycles. The lowest BCUT2D eigenvalue weighted by Gasteiger charge is -2.22. The van der Waals surface area contributed by atoms with E-state index in [9.17, 15) is 5.26 Å². The molecule has 0 fully saturated rings. The van der Waals surface area contributed by atoms with Crippen molar-refractivity contribution >= 4 is 28.7 Å². The fraction of sp³-hybridized carbons (Fsp3) is 0.222. The van der Waals surface area contributed by atoms with Crippen molar-refractivity contribution < 1.29 is 4.74 Å². The minimum Gasteiger partial charge on any atom is -0.477 e. The van der Waals surface area contributed by atoms with Gasteiger partial charge in [0, 0.05) is 24.6 Å². The Labute approximate surface area is 149 Å². The molecule has 0 aliphatic carbocycles. The number of aromatic nitrogens is 3. The lowest BCUT2D eigenvalue weighted by Crippen LogP contribution is -2.15. The Bertz CT molecular complexity index is 1040. The summed E-state index contributed by atoms with van der Waals surface area (Å²) in [5.74, 6) is 0.906. The van der Waals surface area contributed by atoms with Gasteiger partial charge >= 0.3 is 0 Å². The number of ether oxygens (including phenoxy) is 1. The Hall–Kier alpha value is -2.85. The van der Waals surface area contributed by atoms with E-state index in [0.29, 0.717) is 29.6 Å². The van der Waals surface area contributed by atoms with Crippen LogP contribution in [-0.2, 0) is 0 Å². The number of rotatable bonds is 3. The quantitative estimate of drug-likeness (QED) is 0.524. The zero-order valence-corrected chi connectivity index (χ0v) is 14.9. The van der Waals surface area contributed by atoms with Gasteiger partial charge in [-0.05, 0) is 18.6 Å². The first-order valence-corrected chi connectivity index (χ1v) is 8.69. The van der Waals surface area contributed by atoms with E-state index in [1.54, 1.807) is 11.8 Å². The second kappa shape index (κ2) is 5.90. The predicted molar refractivity (Wildman–Crippen MR) is 97.1 cm³/mol. The van der Waals surface area contributed by atoms with E-state index >= 15 is 0 Å². The van der Waals surface area contributed by atoms with Crippen molar-refractivity contribution in [1.29, 1.82) is 5.26 Å². The lowest BCUT2D eigenvalue weighted by atomic mass is 9.98. The highest BCUT2D eigenvalue weighted by atomic mass is 32.2. The van der Waals surface area contributed by atoms with Gasteiger partial charge in [0.05, 0.1) is 12.0 Å². The van der Waals surface area contributed by atoms with E-state index in [0.717, 1.165) is 26.4 Å². The molecular weight excluding hydrogens is 334 g/mol. The van der Waals surface area contributed by atoms with Gasteiger partial charge in [-0.25, -0.2) is 4.98 Å². The van der Waals surface area contributed by atoms with Gasteiger partial charge in [0.15, 0.2) is 5.65 Å². The summed E-state index contributed by atoms with van der Waals surface area (Å²) in [6, 6.07) is 10.3. The molecule has 1 aromatic carbocycles. The number of hydrogen-bond donors (Lipinski definition) is 0. The van der Waals surface area contributed by atoms with Crippen LogP contribution in [0.15, 0.2) is 34.2 Å². The molecule has 0 bridgehead atoms. The highest BCUT2D eigenvalue weighted by Gasteiger charge is 2.28. The minimum absolute atomic E-state index is 0.323. The molecule has 6 nitrogen and oxygen atoms in total. The van der Waals surface area contributed by atoms with Gasteiger partial charge in [0.1, 0.15) is 16.7 Å². The van der Waals surface area contributed by atoms with Crippen molar-refractivity contribution in [3.05, 3.63) is 29.8 Å². The summed E-state index contributed by atoms with van der Waals surface area (Å²) < 4.78 is 5.64. The summed E-state index contributed by atoms with van der Waals surface area (Å²) >= 11 is 1.58. The summed E-state index contributed by atoms with van der Waals surface area (Å²) in [6.45, 7) is 2.31. The van der Waals surface area contributed by atoms with E-state index in [2.05, 4.69) is 21.0 Å². The number of hydrogen-bond acceptors (Lipinski definition) is 7. The fourth-order valence-electron chi connectivity index (χ4n) is 2.86. The van der Waals surface area contributed by atoms with Gasteiger partial charge in [0.25, 0.3) is 0 Å². The molecule has 1 aliphatic heterocycles. The highest BCUT2D eigenvalue weighted by Crippen LogP contribution is 2.49. The molecular formula is C18H15N5OS. The minimum atomic E-state index is 0.323. The van der Waals surface area contributed by atoms with E-state index in [1.165, 1.54) is 0 Å². The third-order valence-electron chi connectivity index (χ3n) is 3.92. The molecule has 0 saturated carbocycles. The Balaban J connectivity index is 2.17. The number of anilines is 1. The number of fused-ring (bicyclic) bond motifs is 2. The van der Waals surface area contributed by atoms with Gasteiger partial charge in [-0.2, -0.15) is 15.2 Å². The van der Waals surface area contributed by atoms with E-state index < -0.39 is 0 Å². The van der Waals surface area contributed by atoms with Crippen molar-refractivity contribution in [3.8, 4) is 23.1 Å². The van der Waals surface area contributed by atoms with Crippen LogP contribution in [0.1, 0.15) is 12.5 Å². The second-order valence-corrected chi connectivity index (χ2v) is 6.76. The van der Waals surface area contributed by atoms with Crippen LogP contribution in [-0.4, -0.2) is 35.7 Å². The largest absolute Gasteiger partial charge is 0.477 e. The molecule has 0 saturated heterocycles. The Kier molecular flexibility index (Phi) is 3.70. The van der Waals surface area contributed by atoms with Crippen molar-refractivity contribution in [1.82, 2.24) is 15.0 Å². The van der Waals surface area contributed by atoms with Crippen LogP contribution < -0.4 is 9.64 Å². The Morgan fingerprint density at radius 3 is 2.72 bits per heavy atom. The highest BCUT2D eigenvalue weighted by molar-refractivity contribution is 7.99. The van der Waals surface area contributed by atoms with E-state index in [4.69, 9.17) is 4.74 Å². The number of pyridine rings is 1. The first-order chi connectivity index (χ1) is 12.1. The molecule has 0 N–H and O–H groups in total. The zero-order valence-electron chi connectivity index (χ0n) is 14.1. The van der Waals surface area contributed by atoms with Gasteiger partial charge in [-0.1, -0.05) is 30.0 Å². The summed E-state index contributed by atoms with van der Waals surface area (Å²) in [6.07, 6.45) is 0. The maximum Gasteiger partial charge on any atom is 0.234 e. The van der Waals surface area contributed by atoms with Crippen molar-refractivity contribution in [2.75, 3.05) is 25.6 Å². The van der Waals surface area contributed by atoms with Gasteiger partial charge in [-0.3, -0.25) is 0 Å². The summed E-state index contributed by atoms with van der Waals surface area (Å²) in [7, 11) is 3.78. The standard InChI is InChI=1S/C18H15N5OS/c1-4-24-16-11(9-19)13-10-7-5-6-8-12(10)25-17-14(13)15(20-16)21-18(22-17)23(2)3/h5-8H,4H2,1-3H3. The first-order valence-electron chi connectivity index (χ1n) is 7.87. The van der Waals surface area contributed by atoms with Crippen LogP contribution >= 0.6 is 11.8 Å². The monoisotopic (exact) mass is 349 g/mol.